The van der Waals surface area contributed by atoms with Gasteiger partial charge >= 0.3 is 24.3 Å². The van der Waals surface area contributed by atoms with Crippen LogP contribution in [0.1, 0.15) is 33.1 Å². The standard InChI is InChI=1S/C27H28F6N2O8/c1-3-40-22(38)20-18(26(28,29)30)14-8-10-24(20,42-14)12-34-16(36)6-5-7-17(37)35-13-25-11-9-15(43-25)19(27(31,32)33)21(25)23(39)41-4-2/h8-11,14-15H,3-7,12-13H2,1-2H3,(H,34,36)(H,35,37). The zero-order valence-electron chi connectivity index (χ0n) is 22.9. The predicted octanol–water partition coefficient (Wildman–Crippen LogP) is 2.65. The van der Waals surface area contributed by atoms with Crippen LogP contribution in [0.4, 0.5) is 26.3 Å². The van der Waals surface area contributed by atoms with Gasteiger partial charge in [-0.05, 0) is 32.4 Å². The normalized spacial score (nSPS) is 27.3. The monoisotopic (exact) mass is 622 g/mol. The molecule has 0 saturated heterocycles. The molecule has 4 heterocycles. The number of hydrogen-bond donors (Lipinski definition) is 2. The Kier molecular flexibility index (Phi) is 8.84. The molecule has 4 aliphatic heterocycles. The maximum absolute atomic E-state index is 13.7. The Labute approximate surface area is 241 Å². The van der Waals surface area contributed by atoms with Crippen LogP contribution in [0, 0.1) is 0 Å². The molecule has 0 aromatic carbocycles. The lowest BCUT2D eigenvalue weighted by atomic mass is 9.86. The number of halogens is 6. The molecule has 16 heteroatoms. The van der Waals surface area contributed by atoms with E-state index in [0.717, 1.165) is 12.2 Å². The van der Waals surface area contributed by atoms with Crippen molar-refractivity contribution in [1.82, 2.24) is 10.6 Å². The van der Waals surface area contributed by atoms with E-state index in [4.69, 9.17) is 18.9 Å². The number of ether oxygens (including phenoxy) is 4. The van der Waals surface area contributed by atoms with Gasteiger partial charge in [0.05, 0.1) is 48.6 Å². The van der Waals surface area contributed by atoms with Crippen LogP contribution < -0.4 is 10.6 Å². The van der Waals surface area contributed by atoms with Gasteiger partial charge in [0, 0.05) is 12.8 Å². The first-order chi connectivity index (χ1) is 20.1. The first-order valence-electron chi connectivity index (χ1n) is 13.3. The Morgan fingerprint density at radius 1 is 0.744 bits per heavy atom. The van der Waals surface area contributed by atoms with Gasteiger partial charge in [-0.2, -0.15) is 26.3 Å². The fraction of sp³-hybridized carbons (Fsp3) is 0.556. The molecule has 10 nitrogen and oxygen atoms in total. The second-order valence-corrected chi connectivity index (χ2v) is 9.99. The second kappa shape index (κ2) is 11.8. The van der Waals surface area contributed by atoms with E-state index in [2.05, 4.69) is 10.6 Å². The molecule has 0 saturated carbocycles. The highest BCUT2D eigenvalue weighted by Gasteiger charge is 2.60. The van der Waals surface area contributed by atoms with E-state index in [0.29, 0.717) is 0 Å². The fourth-order valence-electron chi connectivity index (χ4n) is 5.43. The predicted molar refractivity (Wildman–Crippen MR) is 133 cm³/mol. The molecular formula is C27H28F6N2O8. The Balaban J connectivity index is 1.31. The molecule has 43 heavy (non-hydrogen) atoms. The maximum atomic E-state index is 13.7. The van der Waals surface area contributed by atoms with Crippen LogP contribution in [0.3, 0.4) is 0 Å². The molecule has 236 valence electrons. The molecule has 0 aliphatic carbocycles. The van der Waals surface area contributed by atoms with Crippen LogP contribution in [0.5, 0.6) is 0 Å². The summed E-state index contributed by atoms with van der Waals surface area (Å²) in [4.78, 5) is 49.7. The summed E-state index contributed by atoms with van der Waals surface area (Å²) in [5.41, 5.74) is -7.62. The van der Waals surface area contributed by atoms with Crippen molar-refractivity contribution in [2.45, 2.75) is 68.9 Å². The third kappa shape index (κ3) is 6.20. The minimum atomic E-state index is -4.88. The minimum absolute atomic E-state index is 0.0426. The third-order valence-electron chi connectivity index (χ3n) is 7.18. The van der Waals surface area contributed by atoms with Gasteiger partial charge in [0.25, 0.3) is 0 Å². The first-order valence-corrected chi connectivity index (χ1v) is 13.3. The highest BCUT2D eigenvalue weighted by molar-refractivity contribution is 5.95. The SMILES string of the molecule is CCOC(=O)C1=C(C(F)(F)F)C2C=CC1(CNC(=O)CCCC(=O)NCC13C=CC(O1)C(C(F)(F)F)=C3C(=O)OCC)O2. The number of esters is 2. The van der Waals surface area contributed by atoms with E-state index in [1.54, 1.807) is 0 Å². The van der Waals surface area contributed by atoms with Crippen molar-refractivity contribution in [3.63, 3.8) is 0 Å². The molecule has 0 spiro atoms. The zero-order valence-corrected chi connectivity index (χ0v) is 22.9. The van der Waals surface area contributed by atoms with Crippen molar-refractivity contribution in [2.75, 3.05) is 26.3 Å². The highest BCUT2D eigenvalue weighted by Crippen LogP contribution is 2.50. The number of rotatable bonds is 12. The van der Waals surface area contributed by atoms with E-state index >= 15 is 0 Å². The van der Waals surface area contributed by atoms with Gasteiger partial charge < -0.3 is 29.6 Å². The second-order valence-electron chi connectivity index (χ2n) is 9.99. The van der Waals surface area contributed by atoms with E-state index in [1.165, 1.54) is 26.0 Å². The molecule has 4 aliphatic rings. The van der Waals surface area contributed by atoms with E-state index in [9.17, 15) is 45.5 Å². The van der Waals surface area contributed by atoms with Gasteiger partial charge in [-0.3, -0.25) is 9.59 Å². The van der Waals surface area contributed by atoms with Crippen LogP contribution in [-0.4, -0.2) is 85.8 Å². The number of fused-ring (bicyclic) bond motifs is 4. The Morgan fingerprint density at radius 2 is 1.12 bits per heavy atom. The minimum Gasteiger partial charge on any atom is -0.463 e. The lowest BCUT2D eigenvalue weighted by Crippen LogP contribution is -2.45. The van der Waals surface area contributed by atoms with Crippen LogP contribution in [-0.2, 0) is 38.1 Å². The van der Waals surface area contributed by atoms with Crippen molar-refractivity contribution in [2.24, 2.45) is 0 Å². The fourth-order valence-corrected chi connectivity index (χ4v) is 5.43. The topological polar surface area (TPSA) is 129 Å². The number of alkyl halides is 6. The Bertz CT molecular complexity index is 1220. The number of amides is 2. The average Bonchev–Trinajstić information content (AvgIpc) is 3.68. The van der Waals surface area contributed by atoms with E-state index < -0.39 is 94.9 Å². The largest absolute Gasteiger partial charge is 0.463 e. The third-order valence-corrected chi connectivity index (χ3v) is 7.18. The van der Waals surface area contributed by atoms with Gasteiger partial charge in [-0.25, -0.2) is 9.59 Å². The van der Waals surface area contributed by atoms with Crippen molar-refractivity contribution in [3.8, 4) is 0 Å². The van der Waals surface area contributed by atoms with Crippen LogP contribution in [0.2, 0.25) is 0 Å². The number of carbonyl (C=O) groups excluding carboxylic acids is 4. The summed E-state index contributed by atoms with van der Waals surface area (Å²) >= 11 is 0. The quantitative estimate of drug-likeness (QED) is 0.193. The van der Waals surface area contributed by atoms with Crippen LogP contribution >= 0.6 is 0 Å². The summed E-state index contributed by atoms with van der Waals surface area (Å²) in [5.74, 6) is -3.75. The number of nitrogens with one attached hydrogen (secondary N) is 2. The summed E-state index contributed by atoms with van der Waals surface area (Å²) in [7, 11) is 0. The smallest absolute Gasteiger partial charge is 0.416 e. The van der Waals surface area contributed by atoms with Crippen molar-refractivity contribution >= 4 is 23.8 Å². The van der Waals surface area contributed by atoms with Crippen molar-refractivity contribution in [3.05, 3.63) is 46.6 Å². The number of hydrogen-bond acceptors (Lipinski definition) is 8. The lowest BCUT2D eigenvalue weighted by molar-refractivity contribution is -0.141. The lowest BCUT2D eigenvalue weighted by Gasteiger charge is -2.26. The molecule has 0 radical (unpaired) electrons. The van der Waals surface area contributed by atoms with Crippen molar-refractivity contribution in [1.29, 1.82) is 0 Å². The highest BCUT2D eigenvalue weighted by atomic mass is 19.4. The zero-order chi connectivity index (χ0) is 31.8. The Morgan fingerprint density at radius 3 is 1.44 bits per heavy atom. The maximum Gasteiger partial charge on any atom is 0.416 e. The molecule has 4 atom stereocenters. The molecule has 2 amide bonds. The van der Waals surface area contributed by atoms with E-state index in [-0.39, 0.29) is 32.5 Å². The molecule has 2 N–H and O–H groups in total. The molecular weight excluding hydrogens is 594 g/mol. The van der Waals surface area contributed by atoms with Crippen LogP contribution in [0.15, 0.2) is 46.6 Å². The molecule has 4 bridgehead atoms. The van der Waals surface area contributed by atoms with Crippen LogP contribution in [0.25, 0.3) is 0 Å². The molecule has 0 fully saturated rings. The van der Waals surface area contributed by atoms with Gasteiger partial charge in [-0.1, -0.05) is 12.2 Å². The molecule has 4 rings (SSSR count). The molecule has 0 aromatic heterocycles. The molecule has 4 unspecified atom stereocenters. The Hall–Kier alpha value is -3.66. The van der Waals surface area contributed by atoms with Gasteiger partial charge in [0.1, 0.15) is 23.4 Å². The average molecular weight is 623 g/mol. The summed E-state index contributed by atoms with van der Waals surface area (Å²) in [6.45, 7) is 1.49. The molecule has 0 aromatic rings. The summed E-state index contributed by atoms with van der Waals surface area (Å²) in [6, 6.07) is 0. The van der Waals surface area contributed by atoms with Gasteiger partial charge in [-0.15, -0.1) is 0 Å². The van der Waals surface area contributed by atoms with E-state index in [1.807, 2.05) is 0 Å². The summed E-state index contributed by atoms with van der Waals surface area (Å²) in [6.07, 6.45) is -8.58. The first kappa shape index (κ1) is 32.3. The summed E-state index contributed by atoms with van der Waals surface area (Å²) < 4.78 is 102. The summed E-state index contributed by atoms with van der Waals surface area (Å²) in [5, 5.41) is 4.83. The number of carbonyl (C=O) groups is 4. The van der Waals surface area contributed by atoms with Gasteiger partial charge in [0.15, 0.2) is 0 Å². The van der Waals surface area contributed by atoms with Gasteiger partial charge in [0.2, 0.25) is 11.8 Å². The van der Waals surface area contributed by atoms with Crippen molar-refractivity contribution < 1.29 is 64.5 Å².